The molecule has 0 aliphatic carbocycles. The Morgan fingerprint density at radius 2 is 1.73 bits per heavy atom. The highest BCUT2D eigenvalue weighted by molar-refractivity contribution is 7.99. The summed E-state index contributed by atoms with van der Waals surface area (Å²) in [5.74, 6) is 1.85. The van der Waals surface area contributed by atoms with Gasteiger partial charge in [0.15, 0.2) is 10.9 Å². The molecule has 0 fully saturated rings. The molecule has 1 amide bonds. The summed E-state index contributed by atoms with van der Waals surface area (Å²) in [4.78, 5) is 25.0. The molecule has 0 aliphatic rings. The molecule has 8 heteroatoms. The van der Waals surface area contributed by atoms with Gasteiger partial charge in [0, 0.05) is 22.7 Å². The average Bonchev–Trinajstić information content (AvgIpc) is 3.49. The van der Waals surface area contributed by atoms with E-state index < -0.39 is 0 Å². The Labute approximate surface area is 196 Å². The first-order valence-corrected chi connectivity index (χ1v) is 11.6. The summed E-state index contributed by atoms with van der Waals surface area (Å²) in [5, 5.41) is 12.1. The van der Waals surface area contributed by atoms with Crippen molar-refractivity contribution in [3.05, 3.63) is 95.7 Å². The van der Waals surface area contributed by atoms with Crippen molar-refractivity contribution in [1.82, 2.24) is 14.8 Å². The summed E-state index contributed by atoms with van der Waals surface area (Å²) in [6.45, 7) is 4.63. The monoisotopic (exact) mass is 460 g/mol. The highest BCUT2D eigenvalue weighted by Gasteiger charge is 2.18. The van der Waals surface area contributed by atoms with Crippen molar-refractivity contribution in [2.75, 3.05) is 11.1 Å². The van der Waals surface area contributed by atoms with Crippen LogP contribution >= 0.6 is 11.8 Å². The molecule has 0 atom stereocenters. The lowest BCUT2D eigenvalue weighted by Crippen LogP contribution is -2.12. The molecule has 1 N–H and O–H groups in total. The molecule has 2 aromatic heterocycles. The van der Waals surface area contributed by atoms with Gasteiger partial charge in [-0.25, -0.2) is 0 Å². The number of anilines is 1. The number of nitrogens with one attached hydrogen (secondary N) is 1. The zero-order valence-electron chi connectivity index (χ0n) is 18.4. The van der Waals surface area contributed by atoms with Gasteiger partial charge >= 0.3 is 0 Å². The summed E-state index contributed by atoms with van der Waals surface area (Å²) in [7, 11) is 0. The molecule has 0 radical (unpaired) electrons. The van der Waals surface area contributed by atoms with Gasteiger partial charge in [-0.2, -0.15) is 0 Å². The standard InChI is InChI=1S/C25H24N4O3S/c1-17(2)23-27-28-25(29(23)15-21-9-6-14-32-21)33-16-22(30)18-10-12-20(13-11-18)26-24(31)19-7-4-3-5-8-19/h3-14,17H,15-16H2,1-2H3,(H,26,31). The first-order valence-electron chi connectivity index (χ1n) is 10.6. The van der Waals surface area contributed by atoms with Crippen molar-refractivity contribution in [2.24, 2.45) is 0 Å². The van der Waals surface area contributed by atoms with Crippen LogP contribution in [-0.4, -0.2) is 32.2 Å². The average molecular weight is 461 g/mol. The highest BCUT2D eigenvalue weighted by atomic mass is 32.2. The van der Waals surface area contributed by atoms with E-state index in [1.165, 1.54) is 11.8 Å². The van der Waals surface area contributed by atoms with E-state index in [1.807, 2.05) is 34.9 Å². The number of benzene rings is 2. The maximum Gasteiger partial charge on any atom is 0.255 e. The van der Waals surface area contributed by atoms with Crippen LogP contribution in [0.3, 0.4) is 0 Å². The first kappa shape index (κ1) is 22.5. The number of rotatable bonds is 9. The quantitative estimate of drug-likeness (QED) is 0.270. The molecule has 0 spiro atoms. The molecule has 33 heavy (non-hydrogen) atoms. The molecule has 4 rings (SSSR count). The molecule has 0 saturated heterocycles. The normalized spacial score (nSPS) is 11.0. The van der Waals surface area contributed by atoms with Crippen LogP contribution in [0.4, 0.5) is 5.69 Å². The van der Waals surface area contributed by atoms with E-state index in [2.05, 4.69) is 29.4 Å². The number of thioether (sulfide) groups is 1. The molecular formula is C25H24N4O3S. The van der Waals surface area contributed by atoms with Crippen LogP contribution in [0.1, 0.15) is 52.1 Å². The number of hydrogen-bond acceptors (Lipinski definition) is 6. The number of nitrogens with zero attached hydrogens (tertiary/aromatic N) is 3. The molecule has 0 aliphatic heterocycles. The van der Waals surface area contributed by atoms with E-state index in [4.69, 9.17) is 4.42 Å². The minimum absolute atomic E-state index is 0.0282. The van der Waals surface area contributed by atoms with Crippen LogP contribution in [0, 0.1) is 0 Å². The van der Waals surface area contributed by atoms with Crippen LogP contribution in [0.5, 0.6) is 0 Å². The number of Topliss-reactive ketones (excluding diaryl/α,β-unsaturated/α-hetero) is 1. The van der Waals surface area contributed by atoms with Crippen molar-refractivity contribution in [2.45, 2.75) is 31.5 Å². The lowest BCUT2D eigenvalue weighted by molar-refractivity contribution is 0.101. The van der Waals surface area contributed by atoms with Crippen LogP contribution in [0.15, 0.2) is 82.6 Å². The van der Waals surface area contributed by atoms with Gasteiger partial charge in [-0.3, -0.25) is 14.2 Å². The van der Waals surface area contributed by atoms with E-state index in [9.17, 15) is 9.59 Å². The predicted octanol–water partition coefficient (Wildman–Crippen LogP) is 5.27. The van der Waals surface area contributed by atoms with E-state index >= 15 is 0 Å². The van der Waals surface area contributed by atoms with E-state index in [0.29, 0.717) is 28.5 Å². The lowest BCUT2D eigenvalue weighted by Gasteiger charge is -2.10. The van der Waals surface area contributed by atoms with Gasteiger partial charge in [0.05, 0.1) is 18.6 Å². The van der Waals surface area contributed by atoms with Gasteiger partial charge in [0.25, 0.3) is 5.91 Å². The topological polar surface area (TPSA) is 90.0 Å². The van der Waals surface area contributed by atoms with Crippen molar-refractivity contribution >= 4 is 29.1 Å². The molecule has 4 aromatic rings. The second-order valence-corrected chi connectivity index (χ2v) is 8.71. The molecule has 0 unspecified atom stereocenters. The molecule has 7 nitrogen and oxygen atoms in total. The van der Waals surface area contributed by atoms with Crippen molar-refractivity contribution in [1.29, 1.82) is 0 Å². The van der Waals surface area contributed by atoms with E-state index in [1.54, 1.807) is 42.7 Å². The highest BCUT2D eigenvalue weighted by Crippen LogP contribution is 2.24. The molecule has 2 heterocycles. The van der Waals surface area contributed by atoms with Crippen LogP contribution in [0.25, 0.3) is 0 Å². The van der Waals surface area contributed by atoms with Crippen LogP contribution < -0.4 is 5.32 Å². The van der Waals surface area contributed by atoms with E-state index in [-0.39, 0.29) is 23.4 Å². The third kappa shape index (κ3) is 5.59. The second kappa shape index (κ2) is 10.3. The number of carbonyl (C=O) groups is 2. The van der Waals surface area contributed by atoms with Gasteiger partial charge in [0.2, 0.25) is 0 Å². The minimum atomic E-state index is -0.193. The molecular weight excluding hydrogens is 436 g/mol. The van der Waals surface area contributed by atoms with Crippen molar-refractivity contribution in [3.63, 3.8) is 0 Å². The Morgan fingerprint density at radius 3 is 2.39 bits per heavy atom. The Kier molecular flexibility index (Phi) is 7.04. The summed E-state index contributed by atoms with van der Waals surface area (Å²) in [6, 6.07) is 19.6. The fraction of sp³-hybridized carbons (Fsp3) is 0.200. The lowest BCUT2D eigenvalue weighted by atomic mass is 10.1. The maximum absolute atomic E-state index is 12.8. The zero-order valence-corrected chi connectivity index (χ0v) is 19.2. The van der Waals surface area contributed by atoms with E-state index in [0.717, 1.165) is 11.6 Å². The molecule has 0 saturated carbocycles. The number of hydrogen-bond donors (Lipinski definition) is 1. The summed E-state index contributed by atoms with van der Waals surface area (Å²) < 4.78 is 7.47. The Hall–Kier alpha value is -3.65. The van der Waals surface area contributed by atoms with Crippen LogP contribution in [0.2, 0.25) is 0 Å². The Balaban J connectivity index is 1.39. The Bertz CT molecular complexity index is 1220. The number of amides is 1. The van der Waals surface area contributed by atoms with Gasteiger partial charge in [-0.05, 0) is 48.5 Å². The number of carbonyl (C=O) groups excluding carboxylic acids is 2. The first-order chi connectivity index (χ1) is 16.0. The fourth-order valence-electron chi connectivity index (χ4n) is 3.29. The van der Waals surface area contributed by atoms with Crippen molar-refractivity contribution < 1.29 is 14.0 Å². The maximum atomic E-state index is 12.8. The minimum Gasteiger partial charge on any atom is -0.467 e. The molecule has 0 bridgehead atoms. The molecule has 2 aromatic carbocycles. The summed E-state index contributed by atoms with van der Waals surface area (Å²) in [6.07, 6.45) is 1.64. The summed E-state index contributed by atoms with van der Waals surface area (Å²) >= 11 is 1.35. The SMILES string of the molecule is CC(C)c1nnc(SCC(=O)c2ccc(NC(=O)c3ccccc3)cc2)n1Cc1ccco1. The molecule has 168 valence electrons. The smallest absolute Gasteiger partial charge is 0.255 e. The van der Waals surface area contributed by atoms with Gasteiger partial charge < -0.3 is 9.73 Å². The number of ketones is 1. The number of furan rings is 1. The second-order valence-electron chi connectivity index (χ2n) is 7.77. The third-order valence-electron chi connectivity index (χ3n) is 4.99. The van der Waals surface area contributed by atoms with Crippen LogP contribution in [-0.2, 0) is 6.54 Å². The number of aromatic nitrogens is 3. The zero-order chi connectivity index (χ0) is 23.2. The van der Waals surface area contributed by atoms with Gasteiger partial charge in [-0.15, -0.1) is 10.2 Å². The van der Waals surface area contributed by atoms with Gasteiger partial charge in [-0.1, -0.05) is 43.8 Å². The predicted molar refractivity (Wildman–Crippen MR) is 128 cm³/mol. The Morgan fingerprint density at radius 1 is 0.970 bits per heavy atom. The largest absolute Gasteiger partial charge is 0.467 e. The summed E-state index contributed by atoms with van der Waals surface area (Å²) in [5.41, 5.74) is 1.78. The van der Waals surface area contributed by atoms with Gasteiger partial charge in [0.1, 0.15) is 11.6 Å². The van der Waals surface area contributed by atoms with Crippen molar-refractivity contribution in [3.8, 4) is 0 Å². The fourth-order valence-corrected chi connectivity index (χ4v) is 4.13. The third-order valence-corrected chi connectivity index (χ3v) is 5.96.